The SMILES string of the molecule is C=CCS(=O)(=O)N1CC[C@@]2(CCCN(Cc3ccc(C(C)C)cc3)C2=O)C1. The fourth-order valence-corrected chi connectivity index (χ4v) is 5.56. The van der Waals surface area contributed by atoms with Gasteiger partial charge in [-0.2, -0.15) is 0 Å². The van der Waals surface area contributed by atoms with Crippen LogP contribution in [0.2, 0.25) is 0 Å². The molecule has 0 aromatic heterocycles. The van der Waals surface area contributed by atoms with Crippen molar-refractivity contribution in [2.24, 2.45) is 5.41 Å². The third kappa shape index (κ3) is 4.11. The van der Waals surface area contributed by atoms with Gasteiger partial charge in [0.25, 0.3) is 0 Å². The van der Waals surface area contributed by atoms with E-state index in [1.165, 1.54) is 15.9 Å². The molecule has 0 saturated carbocycles. The van der Waals surface area contributed by atoms with E-state index in [2.05, 4.69) is 44.7 Å². The van der Waals surface area contributed by atoms with Gasteiger partial charge in [0.1, 0.15) is 0 Å². The fraction of sp³-hybridized carbons (Fsp3) is 0.571. The quantitative estimate of drug-likeness (QED) is 0.701. The van der Waals surface area contributed by atoms with Gasteiger partial charge in [-0.15, -0.1) is 6.58 Å². The Hall–Kier alpha value is -1.66. The Labute approximate surface area is 163 Å². The number of nitrogens with zero attached hydrogens (tertiary/aromatic N) is 2. The lowest BCUT2D eigenvalue weighted by molar-refractivity contribution is -0.146. The lowest BCUT2D eigenvalue weighted by Crippen LogP contribution is -2.50. The van der Waals surface area contributed by atoms with Crippen LogP contribution < -0.4 is 0 Å². The van der Waals surface area contributed by atoms with Gasteiger partial charge >= 0.3 is 0 Å². The van der Waals surface area contributed by atoms with Gasteiger partial charge in [0.05, 0.1) is 11.2 Å². The summed E-state index contributed by atoms with van der Waals surface area (Å²) in [7, 11) is -3.35. The summed E-state index contributed by atoms with van der Waals surface area (Å²) in [5.41, 5.74) is 1.86. The molecule has 0 unspecified atom stereocenters. The molecule has 2 saturated heterocycles. The number of carbonyl (C=O) groups excluding carboxylic acids is 1. The topological polar surface area (TPSA) is 57.7 Å². The van der Waals surface area contributed by atoms with E-state index in [0.717, 1.165) is 24.9 Å². The number of benzene rings is 1. The standard InChI is InChI=1S/C21H30N2O3S/c1-4-14-27(25,26)23-13-11-21(16-23)10-5-12-22(20(21)24)15-18-6-8-19(9-7-18)17(2)3/h4,6-9,17H,1,5,10-16H2,2-3H3/t21-/m0/s1. The van der Waals surface area contributed by atoms with Crippen LogP contribution in [0, 0.1) is 5.41 Å². The van der Waals surface area contributed by atoms with Crippen molar-refractivity contribution in [1.82, 2.24) is 9.21 Å². The molecule has 1 aromatic rings. The molecule has 3 rings (SSSR count). The molecule has 5 nitrogen and oxygen atoms in total. The Morgan fingerprint density at radius 3 is 2.52 bits per heavy atom. The van der Waals surface area contributed by atoms with E-state index in [1.54, 1.807) is 0 Å². The molecular formula is C21H30N2O3S. The van der Waals surface area contributed by atoms with Crippen LogP contribution >= 0.6 is 0 Å². The maximum atomic E-state index is 13.2. The van der Waals surface area contributed by atoms with Crippen LogP contribution in [0.25, 0.3) is 0 Å². The van der Waals surface area contributed by atoms with Crippen molar-refractivity contribution < 1.29 is 13.2 Å². The minimum absolute atomic E-state index is 0.0663. The summed E-state index contributed by atoms with van der Waals surface area (Å²) >= 11 is 0. The van der Waals surface area contributed by atoms with Gasteiger partial charge in [-0.25, -0.2) is 12.7 Å². The number of sulfonamides is 1. The van der Waals surface area contributed by atoms with Crippen molar-refractivity contribution >= 4 is 15.9 Å². The lowest BCUT2D eigenvalue weighted by Gasteiger charge is -2.39. The average molecular weight is 391 g/mol. The summed E-state index contributed by atoms with van der Waals surface area (Å²) < 4.78 is 26.2. The van der Waals surface area contributed by atoms with Crippen LogP contribution in [0.1, 0.15) is 50.2 Å². The van der Waals surface area contributed by atoms with Crippen molar-refractivity contribution in [3.63, 3.8) is 0 Å². The Morgan fingerprint density at radius 2 is 1.89 bits per heavy atom. The summed E-state index contributed by atoms with van der Waals surface area (Å²) in [6.07, 6.45) is 3.72. The van der Waals surface area contributed by atoms with E-state index in [4.69, 9.17) is 0 Å². The van der Waals surface area contributed by atoms with E-state index in [0.29, 0.717) is 32.0 Å². The fourth-order valence-electron chi connectivity index (χ4n) is 4.24. The van der Waals surface area contributed by atoms with Gasteiger partial charge in [-0.3, -0.25) is 4.79 Å². The van der Waals surface area contributed by atoms with E-state index >= 15 is 0 Å². The van der Waals surface area contributed by atoms with Gasteiger partial charge in [0.2, 0.25) is 15.9 Å². The number of piperidine rings is 1. The molecular weight excluding hydrogens is 360 g/mol. The highest BCUT2D eigenvalue weighted by atomic mass is 32.2. The van der Waals surface area contributed by atoms with Crippen molar-refractivity contribution in [2.45, 2.75) is 45.6 Å². The Kier molecular flexibility index (Phi) is 5.77. The van der Waals surface area contributed by atoms with E-state index < -0.39 is 15.4 Å². The van der Waals surface area contributed by atoms with E-state index in [9.17, 15) is 13.2 Å². The predicted octanol–water partition coefficient (Wildman–Crippen LogP) is 3.14. The van der Waals surface area contributed by atoms with Crippen molar-refractivity contribution in [2.75, 3.05) is 25.4 Å². The molecule has 2 aliphatic heterocycles. The summed E-state index contributed by atoms with van der Waals surface area (Å²) in [6.45, 7) is 9.94. The molecule has 0 aliphatic carbocycles. The summed E-state index contributed by atoms with van der Waals surface area (Å²) in [5, 5.41) is 0. The zero-order valence-electron chi connectivity index (χ0n) is 16.4. The Balaban J connectivity index is 1.71. The largest absolute Gasteiger partial charge is 0.338 e. The van der Waals surface area contributed by atoms with E-state index in [1.807, 2.05) is 4.90 Å². The van der Waals surface area contributed by atoms with Gasteiger partial charge < -0.3 is 4.90 Å². The lowest BCUT2D eigenvalue weighted by atomic mass is 9.78. The van der Waals surface area contributed by atoms with Crippen LogP contribution in [0.5, 0.6) is 0 Å². The van der Waals surface area contributed by atoms with Gasteiger partial charge in [0.15, 0.2) is 0 Å². The first-order valence-corrected chi connectivity index (χ1v) is 11.4. The number of hydrogen-bond acceptors (Lipinski definition) is 3. The second kappa shape index (κ2) is 7.76. The molecule has 2 heterocycles. The maximum Gasteiger partial charge on any atom is 0.230 e. The minimum Gasteiger partial charge on any atom is -0.338 e. The zero-order chi connectivity index (χ0) is 19.7. The molecule has 1 spiro atoms. The molecule has 0 bridgehead atoms. The first kappa shape index (κ1) is 20.1. The molecule has 1 amide bonds. The monoisotopic (exact) mass is 390 g/mol. The first-order valence-electron chi connectivity index (χ1n) is 9.74. The minimum atomic E-state index is -3.35. The zero-order valence-corrected chi connectivity index (χ0v) is 17.2. The number of likely N-dealkylation sites (tertiary alicyclic amines) is 1. The molecule has 2 fully saturated rings. The first-order chi connectivity index (χ1) is 12.8. The molecule has 0 N–H and O–H groups in total. The molecule has 2 aliphatic rings. The summed E-state index contributed by atoms with van der Waals surface area (Å²) in [6, 6.07) is 8.45. The number of amides is 1. The average Bonchev–Trinajstić information content (AvgIpc) is 3.06. The number of hydrogen-bond donors (Lipinski definition) is 0. The van der Waals surface area contributed by atoms with Crippen LogP contribution in [0.4, 0.5) is 0 Å². The molecule has 1 aromatic carbocycles. The highest BCUT2D eigenvalue weighted by molar-refractivity contribution is 7.89. The highest BCUT2D eigenvalue weighted by Gasteiger charge is 2.50. The molecule has 6 heteroatoms. The maximum absolute atomic E-state index is 13.2. The predicted molar refractivity (Wildman–Crippen MR) is 108 cm³/mol. The molecule has 0 radical (unpaired) electrons. The van der Waals surface area contributed by atoms with Crippen LogP contribution in [0.15, 0.2) is 36.9 Å². The summed E-state index contributed by atoms with van der Waals surface area (Å²) in [5.74, 6) is 0.530. The van der Waals surface area contributed by atoms with Gasteiger partial charge in [-0.1, -0.05) is 44.2 Å². The van der Waals surface area contributed by atoms with Gasteiger partial charge in [0, 0.05) is 26.2 Å². The third-order valence-corrected chi connectivity index (χ3v) is 7.64. The number of carbonyl (C=O) groups is 1. The van der Waals surface area contributed by atoms with Crippen molar-refractivity contribution in [1.29, 1.82) is 0 Å². The second-order valence-corrected chi connectivity index (χ2v) is 10.2. The van der Waals surface area contributed by atoms with Crippen LogP contribution in [0.3, 0.4) is 0 Å². The Morgan fingerprint density at radius 1 is 1.19 bits per heavy atom. The van der Waals surface area contributed by atoms with Crippen molar-refractivity contribution in [3.05, 3.63) is 48.0 Å². The number of rotatable bonds is 6. The third-order valence-electron chi connectivity index (χ3n) is 5.88. The Bertz CT molecular complexity index is 801. The van der Waals surface area contributed by atoms with Gasteiger partial charge in [-0.05, 0) is 36.3 Å². The molecule has 148 valence electrons. The molecule has 1 atom stereocenters. The highest BCUT2D eigenvalue weighted by Crippen LogP contribution is 2.41. The van der Waals surface area contributed by atoms with Crippen LogP contribution in [-0.4, -0.2) is 48.9 Å². The van der Waals surface area contributed by atoms with Crippen molar-refractivity contribution in [3.8, 4) is 0 Å². The van der Waals surface area contributed by atoms with Crippen LogP contribution in [-0.2, 0) is 21.4 Å². The van der Waals surface area contributed by atoms with E-state index in [-0.39, 0.29) is 11.7 Å². The smallest absolute Gasteiger partial charge is 0.230 e. The molecule has 27 heavy (non-hydrogen) atoms. The summed E-state index contributed by atoms with van der Waals surface area (Å²) in [4.78, 5) is 15.2. The normalized spacial score (nSPS) is 24.1. The second-order valence-electron chi connectivity index (χ2n) is 8.16.